The number of carbonyl (C=O) groups is 1. The molecule has 0 aliphatic carbocycles. The van der Waals surface area contributed by atoms with E-state index < -0.39 is 5.97 Å². The van der Waals surface area contributed by atoms with Crippen molar-refractivity contribution in [2.24, 2.45) is 0 Å². The summed E-state index contributed by atoms with van der Waals surface area (Å²) >= 11 is 3.34. The van der Waals surface area contributed by atoms with Crippen LogP contribution in [0.25, 0.3) is 11.0 Å². The summed E-state index contributed by atoms with van der Waals surface area (Å²) in [7, 11) is 0. The van der Waals surface area contributed by atoms with E-state index in [2.05, 4.69) is 25.5 Å². The van der Waals surface area contributed by atoms with Crippen LogP contribution in [0.4, 0.5) is 0 Å². The average molecular weight is 402 g/mol. The number of aromatic nitrogens is 3. The highest BCUT2D eigenvalue weighted by Crippen LogP contribution is 2.24. The molecule has 4 rings (SSSR count). The van der Waals surface area contributed by atoms with Gasteiger partial charge in [0.25, 0.3) is 0 Å². The largest absolute Gasteiger partial charge is 0.478 e. The van der Waals surface area contributed by atoms with E-state index >= 15 is 0 Å². The third kappa shape index (κ3) is 3.29. The minimum Gasteiger partial charge on any atom is -0.478 e. The SMILES string of the molecule is O=C(O)c1ccc2nc(Cc3ccc(Br)nc3)n(C[C@@H]3CCO3)c2c1. The molecule has 0 bridgehead atoms. The quantitative estimate of drug-likeness (QED) is 0.663. The maximum absolute atomic E-state index is 11.3. The Kier molecular flexibility index (Phi) is 4.27. The van der Waals surface area contributed by atoms with E-state index in [0.717, 1.165) is 40.1 Å². The number of nitrogens with zero attached hydrogens (tertiary/aromatic N) is 3. The summed E-state index contributed by atoms with van der Waals surface area (Å²) in [4.78, 5) is 20.3. The van der Waals surface area contributed by atoms with E-state index in [-0.39, 0.29) is 11.7 Å². The van der Waals surface area contributed by atoms with Gasteiger partial charge in [-0.25, -0.2) is 14.8 Å². The number of fused-ring (bicyclic) bond motifs is 1. The molecule has 1 fully saturated rings. The molecule has 1 aliphatic heterocycles. The molecule has 0 radical (unpaired) electrons. The van der Waals surface area contributed by atoms with E-state index in [1.54, 1.807) is 18.2 Å². The van der Waals surface area contributed by atoms with Crippen molar-refractivity contribution >= 4 is 32.9 Å². The van der Waals surface area contributed by atoms with Crippen LogP contribution >= 0.6 is 15.9 Å². The van der Waals surface area contributed by atoms with Crippen molar-refractivity contribution in [1.82, 2.24) is 14.5 Å². The minimum absolute atomic E-state index is 0.160. The van der Waals surface area contributed by atoms with Gasteiger partial charge in [0.05, 0.1) is 29.2 Å². The monoisotopic (exact) mass is 401 g/mol. The summed E-state index contributed by atoms with van der Waals surface area (Å²) in [6, 6.07) is 8.95. The third-order valence-corrected chi connectivity index (χ3v) is 4.87. The summed E-state index contributed by atoms with van der Waals surface area (Å²) < 4.78 is 8.44. The summed E-state index contributed by atoms with van der Waals surface area (Å²) in [5.41, 5.74) is 2.94. The van der Waals surface area contributed by atoms with Crippen molar-refractivity contribution in [2.45, 2.75) is 25.5 Å². The van der Waals surface area contributed by atoms with Crippen molar-refractivity contribution in [3.8, 4) is 0 Å². The molecule has 0 saturated carbocycles. The van der Waals surface area contributed by atoms with Crippen LogP contribution in [0.15, 0.2) is 41.1 Å². The second kappa shape index (κ2) is 6.57. The van der Waals surface area contributed by atoms with Crippen LogP contribution < -0.4 is 0 Å². The van der Waals surface area contributed by atoms with Gasteiger partial charge in [-0.1, -0.05) is 6.07 Å². The van der Waals surface area contributed by atoms with Crippen molar-refractivity contribution in [2.75, 3.05) is 6.61 Å². The first kappa shape index (κ1) is 16.2. The number of pyridine rings is 1. The van der Waals surface area contributed by atoms with Gasteiger partial charge in [0.2, 0.25) is 0 Å². The molecule has 2 aromatic heterocycles. The Balaban J connectivity index is 1.76. The van der Waals surface area contributed by atoms with E-state index in [4.69, 9.17) is 9.72 Å². The molecule has 1 aliphatic rings. The fourth-order valence-electron chi connectivity index (χ4n) is 2.97. The second-order valence-corrected chi connectivity index (χ2v) is 6.91. The molecule has 7 heteroatoms. The molecule has 3 aromatic rings. The average Bonchev–Trinajstić information content (AvgIpc) is 2.89. The highest BCUT2D eigenvalue weighted by Gasteiger charge is 2.22. The smallest absolute Gasteiger partial charge is 0.335 e. The van der Waals surface area contributed by atoms with Crippen LogP contribution in [0.2, 0.25) is 0 Å². The Labute approximate surface area is 152 Å². The van der Waals surface area contributed by atoms with E-state index in [9.17, 15) is 9.90 Å². The fraction of sp³-hybridized carbons (Fsp3) is 0.278. The number of rotatable bonds is 5. The number of aromatic carboxylic acids is 1. The lowest BCUT2D eigenvalue weighted by Gasteiger charge is -2.27. The van der Waals surface area contributed by atoms with Gasteiger partial charge in [0.15, 0.2) is 0 Å². The molecule has 0 amide bonds. The van der Waals surface area contributed by atoms with Crippen molar-refractivity contribution < 1.29 is 14.6 Å². The molecular formula is C18H16BrN3O3. The molecule has 3 heterocycles. The number of ether oxygens (including phenoxy) is 1. The molecule has 1 saturated heterocycles. The third-order valence-electron chi connectivity index (χ3n) is 4.40. The molecule has 1 atom stereocenters. The highest BCUT2D eigenvalue weighted by atomic mass is 79.9. The van der Waals surface area contributed by atoms with Crippen LogP contribution in [0, 0.1) is 0 Å². The number of benzene rings is 1. The Morgan fingerprint density at radius 3 is 2.84 bits per heavy atom. The van der Waals surface area contributed by atoms with Gasteiger partial charge in [-0.2, -0.15) is 0 Å². The number of carboxylic acids is 1. The zero-order chi connectivity index (χ0) is 17.4. The predicted octanol–water partition coefficient (Wildman–Crippen LogP) is 3.27. The molecule has 1 aromatic carbocycles. The van der Waals surface area contributed by atoms with Gasteiger partial charge in [0.1, 0.15) is 10.4 Å². The lowest BCUT2D eigenvalue weighted by atomic mass is 10.1. The predicted molar refractivity (Wildman–Crippen MR) is 95.8 cm³/mol. The summed E-state index contributed by atoms with van der Waals surface area (Å²) in [6.45, 7) is 1.46. The molecule has 0 unspecified atom stereocenters. The molecule has 0 spiro atoms. The first-order chi connectivity index (χ1) is 12.1. The van der Waals surface area contributed by atoms with Crippen molar-refractivity contribution in [3.63, 3.8) is 0 Å². The van der Waals surface area contributed by atoms with Gasteiger partial charge in [-0.15, -0.1) is 0 Å². The van der Waals surface area contributed by atoms with Crippen LogP contribution in [0.3, 0.4) is 0 Å². The molecule has 6 nitrogen and oxygen atoms in total. The van der Waals surface area contributed by atoms with Crippen LogP contribution in [-0.2, 0) is 17.7 Å². The number of halogens is 1. The minimum atomic E-state index is -0.937. The number of carboxylic acid groups (broad SMARTS) is 1. The Bertz CT molecular complexity index is 933. The number of hydrogen-bond acceptors (Lipinski definition) is 4. The van der Waals surface area contributed by atoms with Crippen molar-refractivity contribution in [3.05, 3.63) is 58.1 Å². The van der Waals surface area contributed by atoms with E-state index in [1.807, 2.05) is 18.3 Å². The maximum atomic E-state index is 11.3. The van der Waals surface area contributed by atoms with Gasteiger partial charge in [0, 0.05) is 19.2 Å². The van der Waals surface area contributed by atoms with Crippen LogP contribution in [-0.4, -0.2) is 38.3 Å². The molecule has 1 N–H and O–H groups in total. The van der Waals surface area contributed by atoms with Crippen LogP contribution in [0.5, 0.6) is 0 Å². The fourth-order valence-corrected chi connectivity index (χ4v) is 3.20. The topological polar surface area (TPSA) is 77.2 Å². The van der Waals surface area contributed by atoms with Gasteiger partial charge in [-0.3, -0.25) is 0 Å². The highest BCUT2D eigenvalue weighted by molar-refractivity contribution is 9.10. The summed E-state index contributed by atoms with van der Waals surface area (Å²) in [6.07, 6.45) is 3.62. The lowest BCUT2D eigenvalue weighted by Crippen LogP contribution is -2.31. The molecule has 128 valence electrons. The Hall–Kier alpha value is -2.25. The Morgan fingerprint density at radius 2 is 2.20 bits per heavy atom. The summed E-state index contributed by atoms with van der Waals surface area (Å²) in [5, 5.41) is 9.28. The normalized spacial score (nSPS) is 16.8. The molecule has 25 heavy (non-hydrogen) atoms. The maximum Gasteiger partial charge on any atom is 0.335 e. The Morgan fingerprint density at radius 1 is 1.36 bits per heavy atom. The number of imidazole rings is 1. The first-order valence-electron chi connectivity index (χ1n) is 8.04. The molecular weight excluding hydrogens is 386 g/mol. The zero-order valence-corrected chi connectivity index (χ0v) is 14.9. The van der Waals surface area contributed by atoms with E-state index in [0.29, 0.717) is 13.0 Å². The number of hydrogen-bond donors (Lipinski definition) is 1. The zero-order valence-electron chi connectivity index (χ0n) is 13.4. The van der Waals surface area contributed by atoms with E-state index in [1.165, 1.54) is 0 Å². The van der Waals surface area contributed by atoms with Crippen LogP contribution in [0.1, 0.15) is 28.2 Å². The lowest BCUT2D eigenvalue weighted by molar-refractivity contribution is -0.0589. The van der Waals surface area contributed by atoms with Gasteiger partial charge >= 0.3 is 5.97 Å². The van der Waals surface area contributed by atoms with Gasteiger partial charge in [-0.05, 0) is 52.2 Å². The first-order valence-corrected chi connectivity index (χ1v) is 8.84. The van der Waals surface area contributed by atoms with Gasteiger partial charge < -0.3 is 14.4 Å². The van der Waals surface area contributed by atoms with Crippen molar-refractivity contribution in [1.29, 1.82) is 0 Å². The summed E-state index contributed by atoms with van der Waals surface area (Å²) in [5.74, 6) is -0.0506. The second-order valence-electron chi connectivity index (χ2n) is 6.09. The standard InChI is InChI=1S/C18H16BrN3O3/c19-16-4-1-11(9-20-16)7-17-21-14-3-2-12(18(23)24)8-15(14)22(17)10-13-5-6-25-13/h1-4,8-9,13H,5-7,10H2,(H,23,24)/t13-/m0/s1.